The maximum Gasteiger partial charge on any atom is 0.331 e. The normalized spacial score (nSPS) is 56.7. The van der Waals surface area contributed by atoms with Crippen LogP contribution in [0, 0.1) is 28.6 Å². The highest BCUT2D eigenvalue weighted by Crippen LogP contribution is 2.77. The van der Waals surface area contributed by atoms with Gasteiger partial charge in [0.25, 0.3) is 0 Å². The number of hydrogen-bond acceptors (Lipinski definition) is 19. The van der Waals surface area contributed by atoms with E-state index in [1.807, 2.05) is 0 Å². The summed E-state index contributed by atoms with van der Waals surface area (Å²) >= 11 is 0. The number of carbonyl (C=O) groups is 1. The third-order valence-electron chi connectivity index (χ3n) is 16.9. The highest BCUT2D eigenvalue weighted by atomic mass is 16.8. The smallest absolute Gasteiger partial charge is 0.331 e. The van der Waals surface area contributed by atoms with Gasteiger partial charge in [-0.25, -0.2) is 4.79 Å². The number of epoxide rings is 1. The Labute approximate surface area is 353 Å². The molecule has 4 saturated carbocycles. The summed E-state index contributed by atoms with van der Waals surface area (Å²) in [5.41, 5.74) is -1.21. The van der Waals surface area contributed by atoms with E-state index in [-0.39, 0.29) is 48.0 Å². The first kappa shape index (κ1) is 44.7. The van der Waals surface area contributed by atoms with Crippen LogP contribution in [0.2, 0.25) is 0 Å². The Hall–Kier alpha value is -1.47. The number of aliphatic hydroxyl groups excluding tert-OH is 8. The second kappa shape index (κ2) is 16.1. The van der Waals surface area contributed by atoms with Gasteiger partial charge in [0.15, 0.2) is 18.9 Å². The average molecular weight is 873 g/mol. The molecule has 0 radical (unpaired) electrons. The zero-order chi connectivity index (χ0) is 43.6. The molecule has 346 valence electrons. The summed E-state index contributed by atoms with van der Waals surface area (Å²) < 4.78 is 53.4. The molecule has 0 aromatic rings. The Morgan fingerprint density at radius 2 is 1.46 bits per heavy atom. The summed E-state index contributed by atoms with van der Waals surface area (Å²) in [6.07, 6.45) is -13.9. The summed E-state index contributed by atoms with van der Waals surface area (Å²) in [6, 6.07) is 0. The predicted octanol–water partition coefficient (Wildman–Crippen LogP) is -2.11. The maximum atomic E-state index is 12.8. The van der Waals surface area contributed by atoms with Crippen molar-refractivity contribution >= 4 is 5.97 Å². The van der Waals surface area contributed by atoms with Crippen LogP contribution in [0.3, 0.4) is 0 Å². The summed E-state index contributed by atoms with van der Waals surface area (Å²) in [5, 5.41) is 96.9. The fourth-order valence-electron chi connectivity index (χ4n) is 13.4. The van der Waals surface area contributed by atoms with Gasteiger partial charge in [-0.2, -0.15) is 0 Å². The molecule has 5 heterocycles. The van der Waals surface area contributed by atoms with Gasteiger partial charge in [0.1, 0.15) is 85.0 Å². The number of fused-ring (bicyclic) bond motifs is 3. The molecule has 0 amide bonds. The molecule has 9 rings (SSSR count). The first-order valence-electron chi connectivity index (χ1n) is 22.0. The van der Waals surface area contributed by atoms with Gasteiger partial charge in [0.05, 0.1) is 31.5 Å². The van der Waals surface area contributed by atoms with Gasteiger partial charge in [-0.3, -0.25) is 0 Å². The van der Waals surface area contributed by atoms with Crippen LogP contribution in [-0.2, 0) is 47.4 Å². The van der Waals surface area contributed by atoms with Crippen molar-refractivity contribution in [3.63, 3.8) is 0 Å². The van der Waals surface area contributed by atoms with Gasteiger partial charge in [-0.05, 0) is 87.0 Å². The van der Waals surface area contributed by atoms with E-state index in [4.69, 9.17) is 42.6 Å². The van der Waals surface area contributed by atoms with Crippen LogP contribution in [0.5, 0.6) is 0 Å². The molecular weight excluding hydrogens is 808 g/mol. The van der Waals surface area contributed by atoms with Gasteiger partial charge in [0, 0.05) is 18.6 Å². The fraction of sp³-hybridized carbons (Fsp3) is 0.929. The topological polar surface area (TPSA) is 286 Å². The minimum absolute atomic E-state index is 0.0634. The SMILES string of the molecule is CO[C@H]1[C@H](O)[C@H](O[C@H]2CC[C@@]3(C)[C@@H](C2)C[C@H]2OC24[C@@H]3CC[C@]2(C)[C@@H](C3=CC(=O)OC3)CC[C@]42O)O[C@@H](C)[C@@H]1O[C@@H]1O[C@H](CO[C@@H]2O[C@H](CO)[C@@H](O)[C@H](O)[C@H]2O)[C@@H](O)[C@H](O)[C@H]1O. The summed E-state index contributed by atoms with van der Waals surface area (Å²) in [4.78, 5) is 12.0. The van der Waals surface area contributed by atoms with Crippen molar-refractivity contribution < 1.29 is 93.4 Å². The fourth-order valence-corrected chi connectivity index (χ4v) is 13.4. The number of esters is 1. The molecular formula is C42H64O19. The molecule has 9 aliphatic rings. The second-order valence-electron chi connectivity index (χ2n) is 19.7. The van der Waals surface area contributed by atoms with E-state index < -0.39 is 122 Å². The molecule has 0 aromatic carbocycles. The molecule has 9 N–H and O–H groups in total. The molecule has 0 bridgehead atoms. The summed E-state index contributed by atoms with van der Waals surface area (Å²) in [5.74, 6) is 0.142. The lowest BCUT2D eigenvalue weighted by Crippen LogP contribution is -2.68. The standard InChI is InChI=1S/C42H64O19/c1-17-34(60-37-32(50)30(48)28(46)23(59-37)16-55-36-31(49)29(47)27(45)22(14-43)58-36)35(53-4)33(51)38(56-17)57-20-5-8-39(2)19(12-20)13-25-42(61-25)24(39)7-9-40(3)21(6-10-41(40,42)52)18-11-26(44)54-15-18/h11,17,19-25,27-38,43,45-52H,5-10,12-16H2,1-4H3/t17-,19-,20-,21+,22+,23+,24+,25+,27+,28+,29-,30-,31+,32+,33-,34-,35-,36+,37-,38-,39-,40+,41+,42?/m0/s1. The number of rotatable bonds is 10. The lowest BCUT2D eigenvalue weighted by Gasteiger charge is -2.62. The van der Waals surface area contributed by atoms with Crippen molar-refractivity contribution in [3.8, 4) is 0 Å². The monoisotopic (exact) mass is 872 g/mol. The van der Waals surface area contributed by atoms with E-state index in [1.54, 1.807) is 13.0 Å². The first-order valence-corrected chi connectivity index (χ1v) is 22.0. The summed E-state index contributed by atoms with van der Waals surface area (Å²) in [6.45, 7) is 5.27. The van der Waals surface area contributed by atoms with Crippen molar-refractivity contribution in [2.45, 2.75) is 188 Å². The number of hydrogen-bond donors (Lipinski definition) is 9. The number of methoxy groups -OCH3 is 1. The molecule has 5 aliphatic heterocycles. The van der Waals surface area contributed by atoms with Crippen LogP contribution in [0.1, 0.15) is 72.1 Å². The molecule has 24 atom stereocenters. The van der Waals surface area contributed by atoms with E-state index in [2.05, 4.69) is 13.8 Å². The van der Waals surface area contributed by atoms with E-state index >= 15 is 0 Å². The van der Waals surface area contributed by atoms with Crippen LogP contribution >= 0.6 is 0 Å². The van der Waals surface area contributed by atoms with E-state index in [0.29, 0.717) is 19.3 Å². The van der Waals surface area contributed by atoms with Crippen LogP contribution in [-0.4, -0.2) is 194 Å². The Bertz CT molecular complexity index is 1670. The van der Waals surface area contributed by atoms with E-state index in [0.717, 1.165) is 37.7 Å². The van der Waals surface area contributed by atoms with Gasteiger partial charge < -0.3 is 88.6 Å². The second-order valence-corrected chi connectivity index (χ2v) is 19.7. The number of ether oxygens (including phenoxy) is 9. The molecule has 8 fully saturated rings. The van der Waals surface area contributed by atoms with Gasteiger partial charge in [-0.15, -0.1) is 0 Å². The lowest BCUT2D eigenvalue weighted by molar-refractivity contribution is -0.367. The zero-order valence-corrected chi connectivity index (χ0v) is 35.0. The van der Waals surface area contributed by atoms with Gasteiger partial charge >= 0.3 is 5.97 Å². The predicted molar refractivity (Wildman–Crippen MR) is 203 cm³/mol. The molecule has 0 aromatic heterocycles. The quantitative estimate of drug-likeness (QED) is 0.0645. The van der Waals surface area contributed by atoms with Crippen LogP contribution in [0.4, 0.5) is 0 Å². The highest BCUT2D eigenvalue weighted by molar-refractivity contribution is 5.85. The number of aliphatic hydroxyl groups is 9. The van der Waals surface area contributed by atoms with E-state index in [1.165, 1.54) is 7.11 Å². The lowest BCUT2D eigenvalue weighted by atomic mass is 9.43. The third-order valence-corrected chi connectivity index (χ3v) is 16.9. The molecule has 1 unspecified atom stereocenters. The molecule has 4 aliphatic carbocycles. The summed E-state index contributed by atoms with van der Waals surface area (Å²) in [7, 11) is 1.39. The molecule has 19 nitrogen and oxygen atoms in total. The third kappa shape index (κ3) is 6.83. The number of cyclic esters (lactones) is 1. The van der Waals surface area contributed by atoms with Gasteiger partial charge in [-0.1, -0.05) is 13.8 Å². The number of carbonyl (C=O) groups excluding carboxylic acids is 1. The van der Waals surface area contributed by atoms with Crippen LogP contribution < -0.4 is 0 Å². The van der Waals surface area contributed by atoms with Gasteiger partial charge in [0.2, 0.25) is 0 Å². The molecule has 4 saturated heterocycles. The Kier molecular flexibility index (Phi) is 11.8. The largest absolute Gasteiger partial charge is 0.458 e. The minimum atomic E-state index is -1.78. The average Bonchev–Trinajstić information content (AvgIpc) is 3.68. The zero-order valence-electron chi connectivity index (χ0n) is 35.0. The van der Waals surface area contributed by atoms with Crippen LogP contribution in [0.25, 0.3) is 0 Å². The van der Waals surface area contributed by atoms with Crippen molar-refractivity contribution in [3.05, 3.63) is 11.6 Å². The van der Waals surface area contributed by atoms with Crippen molar-refractivity contribution in [2.75, 3.05) is 26.9 Å². The Morgan fingerprint density at radius 3 is 2.15 bits per heavy atom. The van der Waals surface area contributed by atoms with Crippen LogP contribution in [0.15, 0.2) is 11.6 Å². The first-order chi connectivity index (χ1) is 28.9. The Morgan fingerprint density at radius 1 is 0.770 bits per heavy atom. The highest BCUT2D eigenvalue weighted by Gasteiger charge is 2.84. The van der Waals surface area contributed by atoms with Crippen molar-refractivity contribution in [1.82, 2.24) is 0 Å². The maximum absolute atomic E-state index is 12.8. The molecule has 61 heavy (non-hydrogen) atoms. The Balaban J connectivity index is 0.823. The van der Waals surface area contributed by atoms with E-state index in [9.17, 15) is 50.8 Å². The van der Waals surface area contributed by atoms with Crippen molar-refractivity contribution in [1.29, 1.82) is 0 Å². The molecule has 19 heteroatoms. The van der Waals surface area contributed by atoms with Crippen molar-refractivity contribution in [2.24, 2.45) is 28.6 Å². The molecule has 1 spiro atoms. The minimum Gasteiger partial charge on any atom is -0.458 e.